The third-order valence-electron chi connectivity index (χ3n) is 3.27. The van der Waals surface area contributed by atoms with Gasteiger partial charge < -0.3 is 14.6 Å². The van der Waals surface area contributed by atoms with Crippen LogP contribution in [-0.2, 0) is 11.3 Å². The molecule has 1 aromatic heterocycles. The summed E-state index contributed by atoms with van der Waals surface area (Å²) in [6.45, 7) is 9.06. The Morgan fingerprint density at radius 3 is 2.89 bits per heavy atom. The zero-order valence-corrected chi connectivity index (χ0v) is 11.6. The maximum Gasteiger partial charge on any atom is 0.293 e. The monoisotopic (exact) mass is 266 g/mol. The molecule has 0 aromatic carbocycles. The van der Waals surface area contributed by atoms with E-state index in [1.54, 1.807) is 17.0 Å². The van der Waals surface area contributed by atoms with E-state index in [9.17, 15) is 4.79 Å². The fourth-order valence-corrected chi connectivity index (χ4v) is 2.25. The number of rotatable bonds is 5. The lowest BCUT2D eigenvalue weighted by Crippen LogP contribution is -2.43. The molecule has 1 aliphatic rings. The molecule has 1 saturated heterocycles. The van der Waals surface area contributed by atoms with Crippen molar-refractivity contribution < 1.29 is 4.74 Å². The minimum Gasteiger partial charge on any atom is -0.379 e. The molecule has 0 radical (unpaired) electrons. The molecular formula is C13H22N4O2. The minimum absolute atomic E-state index is 0.0566. The standard InChI is InChI=1S/C13H22N4O2/c1-3-17-5-4-14-12(13(17)18)15-11(2)10-16-6-8-19-9-7-16/h4-5,11H,3,6-10H2,1-2H3,(H,14,15). The maximum atomic E-state index is 12.0. The highest BCUT2D eigenvalue weighted by Crippen LogP contribution is 2.02. The first kappa shape index (κ1) is 14.0. The van der Waals surface area contributed by atoms with Crippen molar-refractivity contribution in [2.24, 2.45) is 0 Å². The Kier molecular flexibility index (Phi) is 4.93. The van der Waals surface area contributed by atoms with E-state index in [2.05, 4.69) is 22.1 Å². The number of aromatic nitrogens is 2. The van der Waals surface area contributed by atoms with Gasteiger partial charge in [0.25, 0.3) is 5.56 Å². The first-order valence-electron chi connectivity index (χ1n) is 6.82. The van der Waals surface area contributed by atoms with Crippen LogP contribution >= 0.6 is 0 Å². The average molecular weight is 266 g/mol. The summed E-state index contributed by atoms with van der Waals surface area (Å²) in [4.78, 5) is 18.5. The lowest BCUT2D eigenvalue weighted by molar-refractivity contribution is 0.0368. The molecule has 1 aliphatic heterocycles. The topological polar surface area (TPSA) is 59.4 Å². The summed E-state index contributed by atoms with van der Waals surface area (Å²) in [5.41, 5.74) is -0.0566. The number of nitrogens with zero attached hydrogens (tertiary/aromatic N) is 3. The number of hydrogen-bond donors (Lipinski definition) is 1. The van der Waals surface area contributed by atoms with Crippen LogP contribution in [0.1, 0.15) is 13.8 Å². The molecule has 0 spiro atoms. The van der Waals surface area contributed by atoms with E-state index in [1.165, 1.54) is 0 Å². The van der Waals surface area contributed by atoms with Gasteiger partial charge in [0.1, 0.15) is 0 Å². The Morgan fingerprint density at radius 1 is 1.47 bits per heavy atom. The minimum atomic E-state index is -0.0566. The van der Waals surface area contributed by atoms with Crippen molar-refractivity contribution in [3.05, 3.63) is 22.7 Å². The molecule has 2 rings (SSSR count). The van der Waals surface area contributed by atoms with Gasteiger partial charge in [0.15, 0.2) is 5.82 Å². The summed E-state index contributed by atoms with van der Waals surface area (Å²) >= 11 is 0. The second-order valence-electron chi connectivity index (χ2n) is 4.83. The van der Waals surface area contributed by atoms with Crippen molar-refractivity contribution in [1.29, 1.82) is 0 Å². The molecule has 2 heterocycles. The van der Waals surface area contributed by atoms with Crippen LogP contribution in [0, 0.1) is 0 Å². The lowest BCUT2D eigenvalue weighted by atomic mass is 10.3. The highest BCUT2D eigenvalue weighted by Gasteiger charge is 2.15. The van der Waals surface area contributed by atoms with Crippen molar-refractivity contribution in [1.82, 2.24) is 14.5 Å². The molecule has 0 saturated carbocycles. The van der Waals surface area contributed by atoms with Gasteiger partial charge in [-0.25, -0.2) is 4.98 Å². The quantitative estimate of drug-likeness (QED) is 0.836. The Morgan fingerprint density at radius 2 is 2.21 bits per heavy atom. The second-order valence-corrected chi connectivity index (χ2v) is 4.83. The van der Waals surface area contributed by atoms with Gasteiger partial charge in [-0.3, -0.25) is 9.69 Å². The summed E-state index contributed by atoms with van der Waals surface area (Å²) in [6.07, 6.45) is 3.37. The van der Waals surface area contributed by atoms with Crippen LogP contribution in [0.3, 0.4) is 0 Å². The van der Waals surface area contributed by atoms with Gasteiger partial charge in [0.05, 0.1) is 13.2 Å². The van der Waals surface area contributed by atoms with Gasteiger partial charge in [-0.05, 0) is 13.8 Å². The number of aryl methyl sites for hydroxylation is 1. The second kappa shape index (κ2) is 6.68. The predicted octanol–water partition coefficient (Wildman–Crippen LogP) is 0.396. The Hall–Kier alpha value is -1.40. The van der Waals surface area contributed by atoms with Gasteiger partial charge >= 0.3 is 0 Å². The van der Waals surface area contributed by atoms with Crippen LogP contribution in [-0.4, -0.2) is 53.3 Å². The van der Waals surface area contributed by atoms with E-state index in [0.29, 0.717) is 12.4 Å². The van der Waals surface area contributed by atoms with Crippen LogP contribution in [0.15, 0.2) is 17.2 Å². The van der Waals surface area contributed by atoms with Crippen molar-refractivity contribution in [2.75, 3.05) is 38.2 Å². The van der Waals surface area contributed by atoms with Crippen LogP contribution in [0.4, 0.5) is 5.82 Å². The largest absolute Gasteiger partial charge is 0.379 e. The molecular weight excluding hydrogens is 244 g/mol. The lowest BCUT2D eigenvalue weighted by Gasteiger charge is -2.29. The number of anilines is 1. The van der Waals surface area contributed by atoms with Crippen molar-refractivity contribution in [3.8, 4) is 0 Å². The third-order valence-corrected chi connectivity index (χ3v) is 3.27. The molecule has 19 heavy (non-hydrogen) atoms. The molecule has 1 aromatic rings. The van der Waals surface area contributed by atoms with Gasteiger partial charge in [-0.1, -0.05) is 0 Å². The van der Waals surface area contributed by atoms with Gasteiger partial charge in [0, 0.05) is 44.6 Å². The fraction of sp³-hybridized carbons (Fsp3) is 0.692. The molecule has 6 nitrogen and oxygen atoms in total. The smallest absolute Gasteiger partial charge is 0.293 e. The van der Waals surface area contributed by atoms with Crippen molar-refractivity contribution >= 4 is 5.82 Å². The molecule has 1 fully saturated rings. The highest BCUT2D eigenvalue weighted by molar-refractivity contribution is 5.32. The summed E-state index contributed by atoms with van der Waals surface area (Å²) in [5, 5.41) is 3.21. The summed E-state index contributed by atoms with van der Waals surface area (Å²) in [5.74, 6) is 0.435. The first-order chi connectivity index (χ1) is 9.20. The van der Waals surface area contributed by atoms with Gasteiger partial charge in [-0.2, -0.15) is 0 Å². The molecule has 1 unspecified atom stereocenters. The molecule has 1 atom stereocenters. The van der Waals surface area contributed by atoms with Crippen LogP contribution in [0.5, 0.6) is 0 Å². The van der Waals surface area contributed by atoms with Crippen molar-refractivity contribution in [3.63, 3.8) is 0 Å². The number of morpholine rings is 1. The molecule has 1 N–H and O–H groups in total. The van der Waals surface area contributed by atoms with Crippen molar-refractivity contribution in [2.45, 2.75) is 26.4 Å². The van der Waals surface area contributed by atoms with Gasteiger partial charge in [-0.15, -0.1) is 0 Å². The average Bonchev–Trinajstić information content (AvgIpc) is 2.42. The summed E-state index contributed by atoms with van der Waals surface area (Å²) in [7, 11) is 0. The Bertz CT molecular complexity index is 454. The highest BCUT2D eigenvalue weighted by atomic mass is 16.5. The molecule has 0 aliphatic carbocycles. The van der Waals surface area contributed by atoms with E-state index in [1.807, 2.05) is 6.92 Å². The Labute approximate surface area is 113 Å². The molecule has 6 heteroatoms. The molecule has 0 bridgehead atoms. The van der Waals surface area contributed by atoms with E-state index in [0.717, 1.165) is 32.8 Å². The van der Waals surface area contributed by atoms with Crippen LogP contribution in [0.2, 0.25) is 0 Å². The van der Waals surface area contributed by atoms with E-state index in [4.69, 9.17) is 4.74 Å². The third kappa shape index (κ3) is 3.78. The summed E-state index contributed by atoms with van der Waals surface area (Å²) in [6, 6.07) is 0.186. The zero-order chi connectivity index (χ0) is 13.7. The zero-order valence-electron chi connectivity index (χ0n) is 11.6. The van der Waals surface area contributed by atoms with Crippen LogP contribution < -0.4 is 10.9 Å². The normalized spacial score (nSPS) is 18.2. The molecule has 0 amide bonds. The first-order valence-corrected chi connectivity index (χ1v) is 6.82. The SMILES string of the molecule is CCn1ccnc(NC(C)CN2CCOCC2)c1=O. The van der Waals surface area contributed by atoms with Gasteiger partial charge in [0.2, 0.25) is 0 Å². The fourth-order valence-electron chi connectivity index (χ4n) is 2.25. The molecule has 106 valence electrons. The number of nitrogens with one attached hydrogen (secondary N) is 1. The van der Waals surface area contributed by atoms with Crippen LogP contribution in [0.25, 0.3) is 0 Å². The van der Waals surface area contributed by atoms with E-state index >= 15 is 0 Å². The number of hydrogen-bond acceptors (Lipinski definition) is 5. The maximum absolute atomic E-state index is 12.0. The van der Waals surface area contributed by atoms with E-state index < -0.39 is 0 Å². The Balaban J connectivity index is 1.94. The van der Waals surface area contributed by atoms with E-state index in [-0.39, 0.29) is 11.6 Å². The summed E-state index contributed by atoms with van der Waals surface area (Å²) < 4.78 is 6.97. The number of ether oxygens (including phenoxy) is 1. The predicted molar refractivity (Wildman–Crippen MR) is 74.5 cm³/mol.